The standard InChI is InChI=1S/C23H21N5O4/c29-22(32-15-5-14-26-13-4-12-24-26)16-19-17-27(20-6-2-1-3-7-20)25-23(19)18-8-10-21(11-9-18)28(30)31/h1-4,6-13,17H,5,14-16H2. The molecule has 9 nitrogen and oxygen atoms in total. The van der Waals surface area contributed by atoms with Crippen LogP contribution in [0.15, 0.2) is 79.3 Å². The Hall–Kier alpha value is -4.27. The zero-order valence-electron chi connectivity index (χ0n) is 17.2. The lowest BCUT2D eigenvalue weighted by molar-refractivity contribution is -0.384. The van der Waals surface area contributed by atoms with Crippen molar-refractivity contribution in [1.29, 1.82) is 0 Å². The number of nitro benzene ring substituents is 1. The smallest absolute Gasteiger partial charge is 0.310 e. The van der Waals surface area contributed by atoms with Gasteiger partial charge in [0.25, 0.3) is 5.69 Å². The Kier molecular flexibility index (Phi) is 6.35. The quantitative estimate of drug-likeness (QED) is 0.173. The van der Waals surface area contributed by atoms with Crippen LogP contribution in [0.2, 0.25) is 0 Å². The van der Waals surface area contributed by atoms with Crippen LogP contribution in [0.4, 0.5) is 5.69 Å². The molecule has 0 bridgehead atoms. The normalized spacial score (nSPS) is 10.8. The highest BCUT2D eigenvalue weighted by Crippen LogP contribution is 2.26. The molecule has 0 spiro atoms. The summed E-state index contributed by atoms with van der Waals surface area (Å²) < 4.78 is 8.87. The number of carbonyl (C=O) groups excluding carboxylic acids is 1. The average Bonchev–Trinajstić information content (AvgIpc) is 3.48. The third kappa shape index (κ3) is 5.07. The Morgan fingerprint density at radius 1 is 1.06 bits per heavy atom. The molecule has 2 heterocycles. The van der Waals surface area contributed by atoms with Gasteiger partial charge in [0.1, 0.15) is 0 Å². The number of esters is 1. The van der Waals surface area contributed by atoms with Gasteiger partial charge in [-0.2, -0.15) is 10.2 Å². The SMILES string of the molecule is O=C(Cc1cn(-c2ccccc2)nc1-c1ccc([N+](=O)[O-])cc1)OCCCn1cccn1. The van der Waals surface area contributed by atoms with Crippen LogP contribution in [0, 0.1) is 10.1 Å². The topological polar surface area (TPSA) is 105 Å². The summed E-state index contributed by atoms with van der Waals surface area (Å²) in [6, 6.07) is 17.5. The first kappa shape index (κ1) is 21.0. The summed E-state index contributed by atoms with van der Waals surface area (Å²) in [5, 5.41) is 19.7. The third-order valence-corrected chi connectivity index (χ3v) is 4.85. The van der Waals surface area contributed by atoms with Gasteiger partial charge in [-0.3, -0.25) is 19.6 Å². The number of ether oxygens (including phenoxy) is 1. The first-order valence-corrected chi connectivity index (χ1v) is 10.1. The van der Waals surface area contributed by atoms with Crippen molar-refractivity contribution in [1.82, 2.24) is 19.6 Å². The molecular weight excluding hydrogens is 410 g/mol. The number of nitrogens with zero attached hydrogens (tertiary/aromatic N) is 5. The molecule has 2 aromatic heterocycles. The molecule has 0 aliphatic rings. The highest BCUT2D eigenvalue weighted by Gasteiger charge is 2.17. The molecule has 2 aromatic carbocycles. The maximum absolute atomic E-state index is 12.5. The van der Waals surface area contributed by atoms with Gasteiger partial charge >= 0.3 is 5.97 Å². The number of hydrogen-bond acceptors (Lipinski definition) is 6. The maximum Gasteiger partial charge on any atom is 0.310 e. The number of aryl methyl sites for hydroxylation is 1. The van der Waals surface area contributed by atoms with Crippen molar-refractivity contribution in [3.8, 4) is 16.9 Å². The van der Waals surface area contributed by atoms with E-state index in [1.807, 2.05) is 42.6 Å². The highest BCUT2D eigenvalue weighted by atomic mass is 16.6. The molecule has 9 heteroatoms. The second-order valence-electron chi connectivity index (χ2n) is 7.11. The number of rotatable bonds is 9. The van der Waals surface area contributed by atoms with E-state index in [4.69, 9.17) is 4.74 Å². The van der Waals surface area contributed by atoms with Gasteiger partial charge in [-0.15, -0.1) is 0 Å². The van der Waals surface area contributed by atoms with Crippen LogP contribution in [0.5, 0.6) is 0 Å². The molecule has 0 unspecified atom stereocenters. The molecule has 0 amide bonds. The lowest BCUT2D eigenvalue weighted by atomic mass is 10.1. The minimum atomic E-state index is -0.451. The molecule has 0 atom stereocenters. The number of para-hydroxylation sites is 1. The monoisotopic (exact) mass is 431 g/mol. The van der Waals surface area contributed by atoms with Gasteiger partial charge in [0.2, 0.25) is 0 Å². The minimum Gasteiger partial charge on any atom is -0.465 e. The van der Waals surface area contributed by atoms with Crippen LogP contribution < -0.4 is 0 Å². The van der Waals surface area contributed by atoms with E-state index in [2.05, 4.69) is 10.2 Å². The number of hydrogen-bond donors (Lipinski definition) is 0. The predicted molar refractivity (Wildman–Crippen MR) is 117 cm³/mol. The van der Waals surface area contributed by atoms with Gasteiger partial charge in [-0.25, -0.2) is 4.68 Å². The summed E-state index contributed by atoms with van der Waals surface area (Å²) in [5.74, 6) is -0.360. The van der Waals surface area contributed by atoms with Gasteiger partial charge < -0.3 is 4.74 Å². The number of benzene rings is 2. The summed E-state index contributed by atoms with van der Waals surface area (Å²) in [4.78, 5) is 23.0. The van der Waals surface area contributed by atoms with Crippen molar-refractivity contribution in [3.05, 3.63) is 94.9 Å². The molecule has 0 radical (unpaired) electrons. The van der Waals surface area contributed by atoms with E-state index in [0.29, 0.717) is 36.4 Å². The zero-order valence-corrected chi connectivity index (χ0v) is 17.2. The summed E-state index contributed by atoms with van der Waals surface area (Å²) in [6.45, 7) is 0.957. The van der Waals surface area contributed by atoms with Gasteiger partial charge in [0, 0.05) is 54.8 Å². The highest BCUT2D eigenvalue weighted by molar-refractivity contribution is 5.76. The maximum atomic E-state index is 12.5. The van der Waals surface area contributed by atoms with E-state index >= 15 is 0 Å². The van der Waals surface area contributed by atoms with Crippen LogP contribution in [0.1, 0.15) is 12.0 Å². The zero-order chi connectivity index (χ0) is 22.3. The van der Waals surface area contributed by atoms with Gasteiger partial charge in [-0.1, -0.05) is 18.2 Å². The fraction of sp³-hybridized carbons (Fsp3) is 0.174. The molecule has 4 rings (SSSR count). The molecule has 0 aliphatic carbocycles. The van der Waals surface area contributed by atoms with Gasteiger partial charge in [0.05, 0.1) is 29.3 Å². The number of nitro groups is 1. The van der Waals surface area contributed by atoms with Crippen LogP contribution in [-0.4, -0.2) is 37.1 Å². The van der Waals surface area contributed by atoms with E-state index in [9.17, 15) is 14.9 Å². The first-order chi connectivity index (χ1) is 15.6. The number of non-ortho nitro benzene ring substituents is 1. The third-order valence-electron chi connectivity index (χ3n) is 4.85. The first-order valence-electron chi connectivity index (χ1n) is 10.1. The molecule has 0 fully saturated rings. The molecule has 0 saturated heterocycles. The molecule has 0 N–H and O–H groups in total. The molecular formula is C23H21N5O4. The van der Waals surface area contributed by atoms with Crippen molar-refractivity contribution in [2.45, 2.75) is 19.4 Å². The fourth-order valence-electron chi connectivity index (χ4n) is 3.29. The van der Waals surface area contributed by atoms with Gasteiger partial charge in [-0.05, 0) is 30.3 Å². The minimum absolute atomic E-state index is 0.00520. The van der Waals surface area contributed by atoms with Crippen molar-refractivity contribution in [3.63, 3.8) is 0 Å². The summed E-state index contributed by atoms with van der Waals surface area (Å²) >= 11 is 0. The Balaban J connectivity index is 1.50. The van der Waals surface area contributed by atoms with Gasteiger partial charge in [0.15, 0.2) is 0 Å². The lowest BCUT2D eigenvalue weighted by Gasteiger charge is -2.06. The second kappa shape index (κ2) is 9.69. The van der Waals surface area contributed by atoms with Crippen LogP contribution in [0.25, 0.3) is 16.9 Å². The van der Waals surface area contributed by atoms with E-state index in [-0.39, 0.29) is 18.1 Å². The van der Waals surface area contributed by atoms with Crippen LogP contribution in [-0.2, 0) is 22.5 Å². The molecule has 32 heavy (non-hydrogen) atoms. The number of aromatic nitrogens is 4. The lowest BCUT2D eigenvalue weighted by Crippen LogP contribution is -2.11. The predicted octanol–water partition coefficient (Wildman–Crippen LogP) is 3.82. The summed E-state index contributed by atoms with van der Waals surface area (Å²) in [7, 11) is 0. The van der Waals surface area contributed by atoms with Crippen molar-refractivity contribution in [2.75, 3.05) is 6.61 Å². The molecule has 0 aliphatic heterocycles. The molecule has 162 valence electrons. The van der Waals surface area contributed by atoms with E-state index in [0.717, 1.165) is 5.69 Å². The van der Waals surface area contributed by atoms with E-state index < -0.39 is 4.92 Å². The van der Waals surface area contributed by atoms with Crippen molar-refractivity contribution >= 4 is 11.7 Å². The molecule has 0 saturated carbocycles. The Morgan fingerprint density at radius 2 is 1.84 bits per heavy atom. The average molecular weight is 431 g/mol. The molecule has 4 aromatic rings. The van der Waals surface area contributed by atoms with Crippen molar-refractivity contribution < 1.29 is 14.5 Å². The number of carbonyl (C=O) groups is 1. The van der Waals surface area contributed by atoms with Crippen molar-refractivity contribution in [2.24, 2.45) is 0 Å². The summed E-state index contributed by atoms with van der Waals surface area (Å²) in [6.07, 6.45) is 6.05. The fourth-order valence-corrected chi connectivity index (χ4v) is 3.29. The van der Waals surface area contributed by atoms with E-state index in [1.54, 1.807) is 33.9 Å². The Morgan fingerprint density at radius 3 is 2.53 bits per heavy atom. The van der Waals surface area contributed by atoms with Crippen LogP contribution >= 0.6 is 0 Å². The van der Waals surface area contributed by atoms with Crippen LogP contribution in [0.3, 0.4) is 0 Å². The Labute approximate surface area is 184 Å². The second-order valence-corrected chi connectivity index (χ2v) is 7.11. The van der Waals surface area contributed by atoms with E-state index in [1.165, 1.54) is 12.1 Å². The largest absolute Gasteiger partial charge is 0.465 e. The summed E-state index contributed by atoms with van der Waals surface area (Å²) in [5.41, 5.74) is 2.78. The Bertz CT molecular complexity index is 1190.